The molecule has 5 nitrogen and oxygen atoms in total. The van der Waals surface area contributed by atoms with Gasteiger partial charge < -0.3 is 4.90 Å². The Morgan fingerprint density at radius 3 is 2.48 bits per heavy atom. The van der Waals surface area contributed by atoms with Crippen LogP contribution in [0, 0.1) is 10.7 Å². The van der Waals surface area contributed by atoms with Crippen molar-refractivity contribution < 1.29 is 4.39 Å². The van der Waals surface area contributed by atoms with Crippen LogP contribution in [0.5, 0.6) is 0 Å². The molecule has 21 heavy (non-hydrogen) atoms. The molecular weight excluding hydrogens is 271 g/mol. The van der Waals surface area contributed by atoms with Gasteiger partial charge in [-0.1, -0.05) is 12.1 Å². The predicted molar refractivity (Wildman–Crippen MR) is 80.4 cm³/mol. The van der Waals surface area contributed by atoms with Crippen molar-refractivity contribution in [1.29, 1.82) is 0 Å². The summed E-state index contributed by atoms with van der Waals surface area (Å²) in [6.45, 7) is 0. The molecule has 0 aliphatic carbocycles. The monoisotopic (exact) mass is 284 g/mol. The minimum atomic E-state index is -0.445. The van der Waals surface area contributed by atoms with Crippen molar-refractivity contribution in [3.8, 4) is 11.3 Å². The Morgan fingerprint density at radius 1 is 1.14 bits per heavy atom. The van der Waals surface area contributed by atoms with Crippen LogP contribution in [0.25, 0.3) is 16.9 Å². The van der Waals surface area contributed by atoms with E-state index in [0.717, 1.165) is 11.3 Å². The first kappa shape index (κ1) is 13.2. The summed E-state index contributed by atoms with van der Waals surface area (Å²) in [6, 6.07) is 10.4. The number of hydrogen-bond acceptors (Lipinski definition) is 4. The van der Waals surface area contributed by atoms with Crippen LogP contribution < -0.4 is 4.90 Å². The molecule has 0 amide bonds. The average Bonchev–Trinajstić information content (AvgIpc) is 2.85. The van der Waals surface area contributed by atoms with Crippen molar-refractivity contribution in [2.75, 3.05) is 19.0 Å². The van der Waals surface area contributed by atoms with Gasteiger partial charge in [-0.3, -0.25) is 4.40 Å². The summed E-state index contributed by atoms with van der Waals surface area (Å²) < 4.78 is 14.7. The van der Waals surface area contributed by atoms with E-state index in [9.17, 15) is 9.30 Å². The maximum Gasteiger partial charge on any atom is 0.209 e. The summed E-state index contributed by atoms with van der Waals surface area (Å²) >= 11 is 0. The molecule has 3 aromatic rings. The van der Waals surface area contributed by atoms with E-state index in [4.69, 9.17) is 0 Å². The smallest absolute Gasteiger partial charge is 0.209 e. The van der Waals surface area contributed by atoms with Gasteiger partial charge >= 0.3 is 0 Å². The number of fused-ring (bicyclic) bond motifs is 1. The van der Waals surface area contributed by atoms with E-state index in [1.807, 2.05) is 43.3 Å². The fourth-order valence-corrected chi connectivity index (χ4v) is 2.20. The first-order chi connectivity index (χ1) is 10.1. The number of aromatic nitrogens is 2. The zero-order chi connectivity index (χ0) is 15.0. The first-order valence-electron chi connectivity index (χ1n) is 6.39. The molecular formula is C15H13FN4O. The molecule has 0 fully saturated rings. The molecule has 0 radical (unpaired) electrons. The Labute approximate surface area is 120 Å². The van der Waals surface area contributed by atoms with Crippen LogP contribution in [-0.4, -0.2) is 23.5 Å². The van der Waals surface area contributed by atoms with Crippen LogP contribution in [0.4, 0.5) is 15.9 Å². The lowest BCUT2D eigenvalue weighted by molar-refractivity contribution is 0.619. The third-order valence-corrected chi connectivity index (χ3v) is 3.30. The molecule has 2 heterocycles. The van der Waals surface area contributed by atoms with Crippen LogP contribution in [0.1, 0.15) is 0 Å². The van der Waals surface area contributed by atoms with E-state index in [1.54, 1.807) is 0 Å². The summed E-state index contributed by atoms with van der Waals surface area (Å²) in [7, 11) is 3.89. The second-order valence-electron chi connectivity index (χ2n) is 4.89. The number of pyridine rings is 1. The van der Waals surface area contributed by atoms with Crippen molar-refractivity contribution in [2.24, 2.45) is 5.18 Å². The summed E-state index contributed by atoms with van der Waals surface area (Å²) in [5.74, 6) is -0.346. The molecule has 6 heteroatoms. The second kappa shape index (κ2) is 4.97. The number of nitrogens with zero attached hydrogens (tertiary/aromatic N) is 4. The summed E-state index contributed by atoms with van der Waals surface area (Å²) in [6.07, 6.45) is 1.21. The maximum absolute atomic E-state index is 13.3. The molecule has 0 bridgehead atoms. The van der Waals surface area contributed by atoms with Gasteiger partial charge in [-0.15, -0.1) is 4.91 Å². The molecule has 0 atom stereocenters. The highest BCUT2D eigenvalue weighted by atomic mass is 19.1. The quantitative estimate of drug-likeness (QED) is 0.690. The number of rotatable bonds is 3. The number of halogens is 1. The van der Waals surface area contributed by atoms with Crippen LogP contribution >= 0.6 is 0 Å². The molecule has 0 aliphatic rings. The lowest BCUT2D eigenvalue weighted by Crippen LogP contribution is -2.07. The lowest BCUT2D eigenvalue weighted by Gasteiger charge is -2.12. The Balaban J connectivity index is 2.17. The topological polar surface area (TPSA) is 50.0 Å². The zero-order valence-electron chi connectivity index (χ0n) is 11.6. The van der Waals surface area contributed by atoms with Crippen molar-refractivity contribution in [3.05, 3.63) is 53.3 Å². The third-order valence-electron chi connectivity index (χ3n) is 3.30. The Morgan fingerprint density at radius 2 is 1.86 bits per heavy atom. The molecule has 3 rings (SSSR count). The van der Waals surface area contributed by atoms with E-state index in [0.29, 0.717) is 11.3 Å². The fourth-order valence-electron chi connectivity index (χ4n) is 2.20. The van der Waals surface area contributed by atoms with E-state index >= 15 is 0 Å². The Kier molecular flexibility index (Phi) is 3.13. The normalized spacial score (nSPS) is 10.8. The van der Waals surface area contributed by atoms with Crippen LogP contribution in [0.2, 0.25) is 0 Å². The largest absolute Gasteiger partial charge is 0.378 e. The third kappa shape index (κ3) is 2.24. The molecule has 0 spiro atoms. The Hall–Kier alpha value is -2.76. The summed E-state index contributed by atoms with van der Waals surface area (Å²) in [5, 5.41) is 3.01. The highest BCUT2D eigenvalue weighted by molar-refractivity contribution is 5.75. The number of benzene rings is 1. The molecule has 106 valence electrons. The fraction of sp³-hybridized carbons (Fsp3) is 0.133. The van der Waals surface area contributed by atoms with Crippen molar-refractivity contribution >= 4 is 17.2 Å². The number of imidazole rings is 1. The Bertz CT molecular complexity index is 808. The van der Waals surface area contributed by atoms with Gasteiger partial charge in [-0.05, 0) is 29.4 Å². The van der Waals surface area contributed by atoms with Crippen LogP contribution in [-0.2, 0) is 0 Å². The van der Waals surface area contributed by atoms with Gasteiger partial charge in [0.25, 0.3) is 0 Å². The molecule has 2 aromatic heterocycles. The zero-order valence-corrected chi connectivity index (χ0v) is 11.6. The molecule has 0 saturated heterocycles. The van der Waals surface area contributed by atoms with Crippen LogP contribution in [0.3, 0.4) is 0 Å². The average molecular weight is 284 g/mol. The molecule has 0 unspecified atom stereocenters. The standard InChI is InChI=1S/C15H13FN4O/c1-19(2)12-6-3-10(4-7-12)14-15(18-21)20-9-11(16)5-8-13(20)17-14/h3-9H,1-2H3. The second-order valence-corrected chi connectivity index (χ2v) is 4.89. The van der Waals surface area contributed by atoms with Gasteiger partial charge in [0.2, 0.25) is 5.82 Å². The highest BCUT2D eigenvalue weighted by Gasteiger charge is 2.15. The summed E-state index contributed by atoms with van der Waals surface area (Å²) in [5.41, 5.74) is 2.73. The number of nitroso groups, excluding NO2 is 1. The predicted octanol–water partition coefficient (Wildman–Crippen LogP) is 3.60. The molecule has 0 N–H and O–H groups in total. The minimum Gasteiger partial charge on any atom is -0.378 e. The van der Waals surface area contributed by atoms with Gasteiger partial charge in [0, 0.05) is 31.5 Å². The van der Waals surface area contributed by atoms with E-state index in [2.05, 4.69) is 10.2 Å². The van der Waals surface area contributed by atoms with E-state index in [-0.39, 0.29) is 5.82 Å². The SMILES string of the molecule is CN(C)c1ccc(-c2nc3ccc(F)cn3c2N=O)cc1. The summed E-state index contributed by atoms with van der Waals surface area (Å²) in [4.78, 5) is 17.5. The highest BCUT2D eigenvalue weighted by Crippen LogP contribution is 2.31. The molecule has 0 saturated carbocycles. The van der Waals surface area contributed by atoms with E-state index < -0.39 is 5.82 Å². The van der Waals surface area contributed by atoms with Gasteiger partial charge in [0.05, 0.1) is 0 Å². The van der Waals surface area contributed by atoms with Crippen molar-refractivity contribution in [2.45, 2.75) is 0 Å². The van der Waals surface area contributed by atoms with Crippen molar-refractivity contribution in [3.63, 3.8) is 0 Å². The van der Waals surface area contributed by atoms with Gasteiger partial charge in [0.1, 0.15) is 17.2 Å². The first-order valence-corrected chi connectivity index (χ1v) is 6.39. The maximum atomic E-state index is 13.3. The lowest BCUT2D eigenvalue weighted by atomic mass is 10.1. The molecule has 1 aromatic carbocycles. The van der Waals surface area contributed by atoms with Crippen molar-refractivity contribution in [1.82, 2.24) is 9.38 Å². The van der Waals surface area contributed by atoms with Gasteiger partial charge in [0.15, 0.2) is 0 Å². The van der Waals surface area contributed by atoms with Crippen LogP contribution in [0.15, 0.2) is 47.8 Å². The van der Waals surface area contributed by atoms with Gasteiger partial charge in [-0.25, -0.2) is 9.37 Å². The molecule has 0 aliphatic heterocycles. The number of hydrogen-bond donors (Lipinski definition) is 0. The minimum absolute atomic E-state index is 0.0992. The van der Waals surface area contributed by atoms with E-state index in [1.165, 1.54) is 22.7 Å². The number of anilines is 1. The van der Waals surface area contributed by atoms with Gasteiger partial charge in [-0.2, -0.15) is 0 Å².